The fraction of sp³-hybridized carbons (Fsp3) is 0.333. The highest BCUT2D eigenvalue weighted by Gasteiger charge is 2.15. The lowest BCUT2D eigenvalue weighted by Gasteiger charge is -2.20. The van der Waals surface area contributed by atoms with Gasteiger partial charge in [0.2, 0.25) is 11.7 Å². The topological polar surface area (TPSA) is 90.2 Å². The van der Waals surface area contributed by atoms with Crippen molar-refractivity contribution in [3.63, 3.8) is 0 Å². The van der Waals surface area contributed by atoms with Gasteiger partial charge >= 0.3 is 5.69 Å². The maximum absolute atomic E-state index is 10.9. The van der Waals surface area contributed by atoms with Gasteiger partial charge in [-0.15, -0.1) is 0 Å². The van der Waals surface area contributed by atoms with Crippen molar-refractivity contribution in [3.05, 3.63) is 52.3 Å². The lowest BCUT2D eigenvalue weighted by atomic mass is 10.2. The molecule has 0 aliphatic carbocycles. The number of nitro groups is 1. The Kier molecular flexibility index (Phi) is 4.55. The van der Waals surface area contributed by atoms with Crippen molar-refractivity contribution in [1.82, 2.24) is 9.97 Å². The first-order chi connectivity index (χ1) is 10.3. The number of hydrogen-bond acceptors (Lipinski definition) is 6. The summed E-state index contributed by atoms with van der Waals surface area (Å²) in [7, 11) is 0. The molecule has 0 saturated heterocycles. The molecule has 0 amide bonds. The third-order valence-electron chi connectivity index (χ3n) is 2.65. The first-order valence-electron chi connectivity index (χ1n) is 6.82. The molecule has 2 rings (SSSR count). The molecule has 1 N–H and O–H groups in total. The van der Waals surface area contributed by atoms with E-state index in [-0.39, 0.29) is 17.1 Å². The van der Waals surface area contributed by atoms with E-state index in [1.54, 1.807) is 12.3 Å². The Balaban J connectivity index is 2.09. The number of aromatic nitrogens is 2. The zero-order valence-corrected chi connectivity index (χ0v) is 12.7. The van der Waals surface area contributed by atoms with Gasteiger partial charge in [0.25, 0.3) is 0 Å². The zero-order valence-electron chi connectivity index (χ0n) is 12.7. The molecule has 0 bridgehead atoms. The predicted molar refractivity (Wildman–Crippen MR) is 82.8 cm³/mol. The van der Waals surface area contributed by atoms with Crippen molar-refractivity contribution in [3.8, 4) is 5.88 Å². The fourth-order valence-corrected chi connectivity index (χ4v) is 1.80. The minimum absolute atomic E-state index is 0.0530. The zero-order chi connectivity index (χ0) is 16.2. The SMILES string of the molecule is CC(C)(C)Oc1cc(CNc2ncccc2[N+](=O)[O-])ccn1. The minimum atomic E-state index is -0.462. The number of ether oxygens (including phenoxy) is 1. The number of hydrogen-bond donors (Lipinski definition) is 1. The summed E-state index contributed by atoms with van der Waals surface area (Å²) < 4.78 is 5.69. The van der Waals surface area contributed by atoms with Crippen LogP contribution < -0.4 is 10.1 Å². The Hall–Kier alpha value is -2.70. The van der Waals surface area contributed by atoms with E-state index < -0.39 is 4.92 Å². The number of nitrogens with zero attached hydrogens (tertiary/aromatic N) is 3. The van der Waals surface area contributed by atoms with Crippen LogP contribution in [-0.2, 0) is 6.54 Å². The molecule has 0 saturated carbocycles. The summed E-state index contributed by atoms with van der Waals surface area (Å²) >= 11 is 0. The molecule has 2 heterocycles. The predicted octanol–water partition coefficient (Wildman–Crippen LogP) is 3.17. The van der Waals surface area contributed by atoms with Gasteiger partial charge in [-0.2, -0.15) is 0 Å². The highest BCUT2D eigenvalue weighted by Crippen LogP contribution is 2.22. The van der Waals surface area contributed by atoms with Crippen LogP contribution >= 0.6 is 0 Å². The number of nitrogens with one attached hydrogen (secondary N) is 1. The molecule has 0 atom stereocenters. The largest absolute Gasteiger partial charge is 0.472 e. The fourth-order valence-electron chi connectivity index (χ4n) is 1.80. The Morgan fingerprint density at radius 3 is 2.73 bits per heavy atom. The molecule has 0 radical (unpaired) electrons. The molecule has 0 spiro atoms. The lowest BCUT2D eigenvalue weighted by Crippen LogP contribution is -2.23. The third-order valence-corrected chi connectivity index (χ3v) is 2.65. The second-order valence-corrected chi connectivity index (χ2v) is 5.70. The molecule has 116 valence electrons. The first-order valence-corrected chi connectivity index (χ1v) is 6.82. The monoisotopic (exact) mass is 302 g/mol. The van der Waals surface area contributed by atoms with Crippen LogP contribution in [0.2, 0.25) is 0 Å². The lowest BCUT2D eigenvalue weighted by molar-refractivity contribution is -0.384. The van der Waals surface area contributed by atoms with E-state index in [9.17, 15) is 10.1 Å². The van der Waals surface area contributed by atoms with Crippen molar-refractivity contribution in [1.29, 1.82) is 0 Å². The molecule has 7 heteroatoms. The van der Waals surface area contributed by atoms with Crippen LogP contribution in [0.25, 0.3) is 0 Å². The smallest absolute Gasteiger partial charge is 0.311 e. The van der Waals surface area contributed by atoms with Gasteiger partial charge in [0, 0.05) is 31.1 Å². The van der Waals surface area contributed by atoms with Crippen LogP contribution in [0.4, 0.5) is 11.5 Å². The number of rotatable bonds is 5. The Bertz CT molecular complexity index is 668. The molecule has 0 aromatic carbocycles. The quantitative estimate of drug-likeness (QED) is 0.674. The molecule has 0 aliphatic heterocycles. The third kappa shape index (κ3) is 4.41. The molecule has 7 nitrogen and oxygen atoms in total. The van der Waals surface area contributed by atoms with Crippen molar-refractivity contribution in [2.75, 3.05) is 5.32 Å². The second kappa shape index (κ2) is 6.38. The molecule has 2 aromatic rings. The maximum atomic E-state index is 10.9. The highest BCUT2D eigenvalue weighted by molar-refractivity contribution is 5.55. The van der Waals surface area contributed by atoms with Crippen LogP contribution in [0, 0.1) is 10.1 Å². The van der Waals surface area contributed by atoms with E-state index >= 15 is 0 Å². The Labute approximate surface area is 128 Å². The van der Waals surface area contributed by atoms with Crippen molar-refractivity contribution in [2.24, 2.45) is 0 Å². The van der Waals surface area contributed by atoms with Gasteiger partial charge in [-0.1, -0.05) is 0 Å². The molecular formula is C15H18N4O3. The highest BCUT2D eigenvalue weighted by atomic mass is 16.6. The van der Waals surface area contributed by atoms with Crippen LogP contribution in [0.15, 0.2) is 36.7 Å². The van der Waals surface area contributed by atoms with Crippen molar-refractivity contribution < 1.29 is 9.66 Å². The van der Waals surface area contributed by atoms with Gasteiger partial charge in [-0.3, -0.25) is 10.1 Å². The van der Waals surface area contributed by atoms with E-state index in [2.05, 4.69) is 15.3 Å². The van der Waals surface area contributed by atoms with Gasteiger partial charge in [-0.05, 0) is 38.5 Å². The standard InChI is InChI=1S/C15H18N4O3/c1-15(2,3)22-13-9-11(6-8-16-13)10-18-14-12(19(20)21)5-4-7-17-14/h4-9H,10H2,1-3H3,(H,17,18). The molecule has 2 aromatic heterocycles. The van der Waals surface area contributed by atoms with E-state index in [1.807, 2.05) is 26.8 Å². The normalized spacial score (nSPS) is 11.0. The van der Waals surface area contributed by atoms with E-state index in [0.717, 1.165) is 5.56 Å². The average molecular weight is 302 g/mol. The van der Waals surface area contributed by atoms with Gasteiger partial charge in [-0.25, -0.2) is 9.97 Å². The van der Waals surface area contributed by atoms with Crippen molar-refractivity contribution >= 4 is 11.5 Å². The molecule has 0 unspecified atom stereocenters. The summed E-state index contributed by atoms with van der Waals surface area (Å²) in [5, 5.41) is 13.9. The molecule has 0 fully saturated rings. The summed E-state index contributed by atoms with van der Waals surface area (Å²) in [5.74, 6) is 0.755. The van der Waals surface area contributed by atoms with Crippen LogP contribution in [0.3, 0.4) is 0 Å². The van der Waals surface area contributed by atoms with E-state index in [1.165, 1.54) is 18.3 Å². The number of anilines is 1. The van der Waals surface area contributed by atoms with Crippen LogP contribution in [0.5, 0.6) is 5.88 Å². The summed E-state index contributed by atoms with van der Waals surface area (Å²) in [6.07, 6.45) is 3.15. The van der Waals surface area contributed by atoms with Gasteiger partial charge in [0.05, 0.1) is 4.92 Å². The van der Waals surface area contributed by atoms with Crippen molar-refractivity contribution in [2.45, 2.75) is 32.9 Å². The van der Waals surface area contributed by atoms with E-state index in [0.29, 0.717) is 12.4 Å². The van der Waals surface area contributed by atoms with Gasteiger partial charge in [0.15, 0.2) is 0 Å². The summed E-state index contributed by atoms with van der Waals surface area (Å²) in [4.78, 5) is 18.6. The average Bonchev–Trinajstić information content (AvgIpc) is 2.44. The van der Waals surface area contributed by atoms with E-state index in [4.69, 9.17) is 4.74 Å². The molecule has 0 aliphatic rings. The second-order valence-electron chi connectivity index (χ2n) is 5.70. The maximum Gasteiger partial charge on any atom is 0.311 e. The first kappa shape index (κ1) is 15.7. The summed E-state index contributed by atoms with van der Waals surface area (Å²) in [5.41, 5.74) is 0.510. The van der Waals surface area contributed by atoms with Gasteiger partial charge in [0.1, 0.15) is 5.60 Å². The number of pyridine rings is 2. The Morgan fingerprint density at radius 2 is 2.05 bits per heavy atom. The molecule has 22 heavy (non-hydrogen) atoms. The minimum Gasteiger partial charge on any atom is -0.472 e. The summed E-state index contributed by atoms with van der Waals surface area (Å²) in [6.45, 7) is 6.21. The van der Waals surface area contributed by atoms with Crippen LogP contribution in [-0.4, -0.2) is 20.5 Å². The van der Waals surface area contributed by atoms with Gasteiger partial charge < -0.3 is 10.1 Å². The van der Waals surface area contributed by atoms with Crippen LogP contribution in [0.1, 0.15) is 26.3 Å². The summed E-state index contributed by atoms with van der Waals surface area (Å²) in [6, 6.07) is 6.56. The Morgan fingerprint density at radius 1 is 1.27 bits per heavy atom. The molecular weight excluding hydrogens is 284 g/mol.